The van der Waals surface area contributed by atoms with Gasteiger partial charge >= 0.3 is 0 Å². The van der Waals surface area contributed by atoms with Gasteiger partial charge in [0.25, 0.3) is 5.91 Å². The Balaban J connectivity index is 1.45. The molecule has 0 spiro atoms. The first-order chi connectivity index (χ1) is 12.5. The summed E-state index contributed by atoms with van der Waals surface area (Å²) in [5.41, 5.74) is 5.34. The number of ether oxygens (including phenoxy) is 1. The van der Waals surface area contributed by atoms with Gasteiger partial charge in [-0.25, -0.2) is 4.98 Å². The van der Waals surface area contributed by atoms with E-state index in [1.165, 1.54) is 12.5 Å². The van der Waals surface area contributed by atoms with E-state index in [4.69, 9.17) is 22.1 Å². The molecule has 3 N–H and O–H groups in total. The molecule has 0 aliphatic carbocycles. The average Bonchev–Trinajstić information content (AvgIpc) is 3.07. The molecule has 136 valence electrons. The van der Waals surface area contributed by atoms with Gasteiger partial charge in [0.1, 0.15) is 11.4 Å². The lowest BCUT2D eigenvalue weighted by atomic mass is 10.1. The molecule has 2 aromatic carbocycles. The monoisotopic (exact) mass is 373 g/mol. The molecule has 1 unspecified atom stereocenters. The maximum atomic E-state index is 11.0. The maximum absolute atomic E-state index is 11.0. The Bertz CT molecular complexity index is 910. The summed E-state index contributed by atoms with van der Waals surface area (Å²) in [6.45, 7) is 0.856. The highest BCUT2D eigenvalue weighted by Gasteiger charge is 2.09. The summed E-state index contributed by atoms with van der Waals surface area (Å²) in [6.07, 6.45) is 3.74. The number of hydrogen-bond acceptors (Lipinski definition) is 4. The number of aliphatic hydroxyl groups is 1. The van der Waals surface area contributed by atoms with Gasteiger partial charge in [-0.2, -0.15) is 0 Å². The van der Waals surface area contributed by atoms with Gasteiger partial charge in [-0.05, 0) is 47.9 Å². The Kier molecular flexibility index (Phi) is 5.75. The van der Waals surface area contributed by atoms with E-state index in [0.717, 1.165) is 16.5 Å². The van der Waals surface area contributed by atoms with Crippen LogP contribution >= 0.6 is 11.6 Å². The zero-order chi connectivity index (χ0) is 18.5. The number of nitrogens with zero attached hydrogens (tertiary/aromatic N) is 2. The fourth-order valence-electron chi connectivity index (χ4n) is 2.72. The van der Waals surface area contributed by atoms with Gasteiger partial charge in [0.05, 0.1) is 19.0 Å². The molecule has 0 aliphatic rings. The van der Waals surface area contributed by atoms with Crippen LogP contribution < -0.4 is 10.5 Å². The van der Waals surface area contributed by atoms with Crippen LogP contribution in [-0.4, -0.2) is 33.3 Å². The summed E-state index contributed by atoms with van der Waals surface area (Å²) < 4.78 is 7.41. The zero-order valence-corrected chi connectivity index (χ0v) is 14.9. The Morgan fingerprint density at radius 1 is 1.27 bits per heavy atom. The van der Waals surface area contributed by atoms with Crippen LogP contribution in [0, 0.1) is 0 Å². The van der Waals surface area contributed by atoms with E-state index in [2.05, 4.69) is 4.98 Å². The second kappa shape index (κ2) is 8.21. The fourth-order valence-corrected chi connectivity index (χ4v) is 2.90. The number of carbonyl (C=O) groups is 1. The van der Waals surface area contributed by atoms with Crippen LogP contribution in [0.4, 0.5) is 0 Å². The van der Waals surface area contributed by atoms with Crippen molar-refractivity contribution in [2.24, 2.45) is 5.73 Å². The molecule has 0 fully saturated rings. The molecule has 1 aromatic heterocycles. The van der Waals surface area contributed by atoms with Gasteiger partial charge in [-0.15, -0.1) is 0 Å². The van der Waals surface area contributed by atoms with E-state index >= 15 is 0 Å². The molecule has 1 amide bonds. The number of primary amides is 1. The molecule has 26 heavy (non-hydrogen) atoms. The topological polar surface area (TPSA) is 90.4 Å². The molecule has 0 aliphatic heterocycles. The normalized spacial score (nSPS) is 12.2. The molecule has 1 heterocycles. The quantitative estimate of drug-likeness (QED) is 0.594. The van der Waals surface area contributed by atoms with E-state index < -0.39 is 12.0 Å². The second-order valence-electron chi connectivity index (χ2n) is 6.12. The molecular weight excluding hydrogens is 354 g/mol. The lowest BCUT2D eigenvalue weighted by molar-refractivity contribution is 0.0995. The van der Waals surface area contributed by atoms with Crippen LogP contribution in [0.2, 0.25) is 5.02 Å². The molecule has 7 heteroatoms. The van der Waals surface area contributed by atoms with Crippen molar-refractivity contribution in [1.29, 1.82) is 0 Å². The van der Waals surface area contributed by atoms with Crippen LogP contribution in [0.1, 0.15) is 23.3 Å². The number of hydrogen-bond donors (Lipinski definition) is 2. The minimum atomic E-state index is -0.580. The molecule has 0 bridgehead atoms. The smallest absolute Gasteiger partial charge is 0.268 e. The summed E-state index contributed by atoms with van der Waals surface area (Å²) >= 11 is 6.02. The Morgan fingerprint density at radius 3 is 2.85 bits per heavy atom. The molecule has 0 saturated carbocycles. The number of aromatic nitrogens is 2. The van der Waals surface area contributed by atoms with Gasteiger partial charge in [0.2, 0.25) is 0 Å². The number of halogens is 1. The number of fused-ring (bicyclic) bond motifs is 1. The van der Waals surface area contributed by atoms with Crippen molar-refractivity contribution in [2.45, 2.75) is 25.5 Å². The van der Waals surface area contributed by atoms with Crippen molar-refractivity contribution < 1.29 is 14.6 Å². The van der Waals surface area contributed by atoms with Crippen molar-refractivity contribution in [3.63, 3.8) is 0 Å². The van der Waals surface area contributed by atoms with Crippen molar-refractivity contribution in [2.75, 3.05) is 6.61 Å². The molecular formula is C19H20ClN3O3. The van der Waals surface area contributed by atoms with Crippen LogP contribution in [0.5, 0.6) is 5.75 Å². The first-order valence-electron chi connectivity index (χ1n) is 8.33. The highest BCUT2D eigenvalue weighted by atomic mass is 35.5. The van der Waals surface area contributed by atoms with Crippen molar-refractivity contribution in [3.05, 3.63) is 59.6 Å². The summed E-state index contributed by atoms with van der Waals surface area (Å²) in [7, 11) is 0. The third kappa shape index (κ3) is 4.74. The number of amides is 1. The van der Waals surface area contributed by atoms with Gasteiger partial charge in [-0.3, -0.25) is 4.79 Å². The van der Waals surface area contributed by atoms with E-state index in [1.54, 1.807) is 4.57 Å². The van der Waals surface area contributed by atoms with Gasteiger partial charge in [0, 0.05) is 17.8 Å². The Morgan fingerprint density at radius 2 is 2.08 bits per heavy atom. The minimum Gasteiger partial charge on any atom is -0.494 e. The standard InChI is InChI=1S/C19H20ClN3O3/c20-15-5-3-13-4-6-17(9-14(13)8-15)26-7-1-2-16(24)10-23-11-18(19(21)25)22-12-23/h3-6,8-9,11-12,16,24H,1-2,7,10H2,(H2,21,25). The fraction of sp³-hybridized carbons (Fsp3) is 0.263. The maximum Gasteiger partial charge on any atom is 0.268 e. The first kappa shape index (κ1) is 18.2. The van der Waals surface area contributed by atoms with Gasteiger partial charge in [0.15, 0.2) is 0 Å². The number of benzene rings is 2. The number of imidazole rings is 1. The van der Waals surface area contributed by atoms with Crippen molar-refractivity contribution >= 4 is 28.3 Å². The molecule has 0 saturated heterocycles. The van der Waals surface area contributed by atoms with E-state index in [0.29, 0.717) is 31.0 Å². The van der Waals surface area contributed by atoms with Gasteiger partial charge < -0.3 is 20.1 Å². The number of carbonyl (C=O) groups excluding carboxylic acids is 1. The number of nitrogens with two attached hydrogens (primary N) is 1. The Hall–Kier alpha value is -2.57. The lowest BCUT2D eigenvalue weighted by Crippen LogP contribution is -2.16. The third-order valence-electron chi connectivity index (χ3n) is 4.03. The van der Waals surface area contributed by atoms with Crippen LogP contribution in [-0.2, 0) is 6.54 Å². The summed E-state index contributed by atoms with van der Waals surface area (Å²) in [5.74, 6) is 0.193. The predicted molar refractivity (Wildman–Crippen MR) is 100 cm³/mol. The number of aliphatic hydroxyl groups excluding tert-OH is 1. The molecule has 0 radical (unpaired) electrons. The molecule has 3 aromatic rings. The minimum absolute atomic E-state index is 0.192. The summed E-state index contributed by atoms with van der Waals surface area (Å²) in [6, 6.07) is 11.6. The number of rotatable bonds is 8. The predicted octanol–water partition coefficient (Wildman–Crippen LogP) is 3.01. The van der Waals surface area contributed by atoms with E-state index in [-0.39, 0.29) is 5.69 Å². The van der Waals surface area contributed by atoms with Crippen molar-refractivity contribution in [3.8, 4) is 5.75 Å². The summed E-state index contributed by atoms with van der Waals surface area (Å²) in [5, 5.41) is 12.9. The van der Waals surface area contributed by atoms with Crippen LogP contribution in [0.3, 0.4) is 0 Å². The van der Waals surface area contributed by atoms with Crippen molar-refractivity contribution in [1.82, 2.24) is 9.55 Å². The largest absolute Gasteiger partial charge is 0.494 e. The molecule has 1 atom stereocenters. The zero-order valence-electron chi connectivity index (χ0n) is 14.1. The Labute approximate surface area is 156 Å². The molecule has 6 nitrogen and oxygen atoms in total. The highest BCUT2D eigenvalue weighted by Crippen LogP contribution is 2.24. The highest BCUT2D eigenvalue weighted by molar-refractivity contribution is 6.31. The lowest BCUT2D eigenvalue weighted by Gasteiger charge is -2.12. The van der Waals surface area contributed by atoms with Crippen LogP contribution in [0.15, 0.2) is 48.9 Å². The van der Waals surface area contributed by atoms with E-state index in [9.17, 15) is 9.90 Å². The third-order valence-corrected chi connectivity index (χ3v) is 4.27. The first-order valence-corrected chi connectivity index (χ1v) is 8.71. The second-order valence-corrected chi connectivity index (χ2v) is 6.55. The van der Waals surface area contributed by atoms with Gasteiger partial charge in [-0.1, -0.05) is 23.7 Å². The summed E-state index contributed by atoms with van der Waals surface area (Å²) in [4.78, 5) is 14.9. The SMILES string of the molecule is NC(=O)c1cn(CC(O)CCCOc2ccc3ccc(Cl)cc3c2)cn1. The molecule has 3 rings (SSSR count). The average molecular weight is 374 g/mol. The van der Waals surface area contributed by atoms with E-state index in [1.807, 2.05) is 36.4 Å². The van der Waals surface area contributed by atoms with Crippen LogP contribution in [0.25, 0.3) is 10.8 Å².